The maximum Gasteiger partial charge on any atom is 0.523 e. The van der Waals surface area contributed by atoms with Gasteiger partial charge in [0.1, 0.15) is 0 Å². The smallest absolute Gasteiger partial charge is 0.407 e. The van der Waals surface area contributed by atoms with Gasteiger partial charge in [0.2, 0.25) is 0 Å². The molecule has 160 valence electrons. The van der Waals surface area contributed by atoms with Crippen LogP contribution >= 0.6 is 0 Å². The Morgan fingerprint density at radius 3 is 1.66 bits per heavy atom. The van der Waals surface area contributed by atoms with Gasteiger partial charge in [-0.05, 0) is 21.8 Å². The van der Waals surface area contributed by atoms with Crippen molar-refractivity contribution in [1.29, 1.82) is 0 Å². The highest BCUT2D eigenvalue weighted by molar-refractivity contribution is 7.87. The second-order valence-electron chi connectivity index (χ2n) is 7.59. The summed E-state index contributed by atoms with van der Waals surface area (Å²) in [5.41, 5.74) is -5.42. The number of hydrogen-bond donors (Lipinski definition) is 0. The Balaban J connectivity index is 2.26. The average Bonchev–Trinajstić information content (AvgIpc) is 2.64. The summed E-state index contributed by atoms with van der Waals surface area (Å²) in [5.74, 6) is 0. The van der Waals surface area contributed by atoms with Gasteiger partial charge in [0.05, 0.1) is 6.61 Å². The molecule has 0 N–H and O–H groups in total. The lowest BCUT2D eigenvalue weighted by molar-refractivity contribution is -0.0544. The van der Waals surface area contributed by atoms with Crippen LogP contribution in [0.1, 0.15) is 27.2 Å². The molecule has 0 aromatic heterocycles. The minimum Gasteiger partial charge on any atom is -0.407 e. The molecule has 0 heterocycles. The van der Waals surface area contributed by atoms with E-state index in [-0.39, 0.29) is 18.1 Å². The summed E-state index contributed by atoms with van der Waals surface area (Å²) >= 11 is 0. The van der Waals surface area contributed by atoms with E-state index in [9.17, 15) is 21.6 Å². The summed E-state index contributed by atoms with van der Waals surface area (Å²) in [6.45, 7) is 5.69. The highest BCUT2D eigenvalue weighted by Crippen LogP contribution is 2.36. The molecule has 0 aliphatic heterocycles. The summed E-state index contributed by atoms with van der Waals surface area (Å²) in [4.78, 5) is 0. The van der Waals surface area contributed by atoms with E-state index in [1.54, 1.807) is 0 Å². The van der Waals surface area contributed by atoms with Gasteiger partial charge >= 0.3 is 15.6 Å². The summed E-state index contributed by atoms with van der Waals surface area (Å²) in [7, 11) is -8.40. The van der Waals surface area contributed by atoms with Crippen molar-refractivity contribution in [2.24, 2.45) is 0 Å². The molecule has 0 unspecified atom stereocenters. The van der Waals surface area contributed by atoms with Crippen LogP contribution in [0.3, 0.4) is 0 Å². The number of benzene rings is 2. The van der Waals surface area contributed by atoms with Crippen LogP contribution in [-0.2, 0) is 18.7 Å². The van der Waals surface area contributed by atoms with Crippen molar-refractivity contribution in [3.8, 4) is 0 Å². The van der Waals surface area contributed by atoms with Crippen LogP contribution in [0.25, 0.3) is 0 Å². The second-order valence-corrected chi connectivity index (χ2v) is 13.5. The molecule has 0 saturated carbocycles. The fourth-order valence-electron chi connectivity index (χ4n) is 3.28. The van der Waals surface area contributed by atoms with Gasteiger partial charge < -0.3 is 4.43 Å². The first-order chi connectivity index (χ1) is 13.4. The van der Waals surface area contributed by atoms with Crippen molar-refractivity contribution in [3.05, 3.63) is 60.7 Å². The molecule has 0 aliphatic rings. The van der Waals surface area contributed by atoms with Gasteiger partial charge in [0, 0.05) is 6.61 Å². The van der Waals surface area contributed by atoms with Gasteiger partial charge in [-0.2, -0.15) is 21.6 Å². The molecule has 0 fully saturated rings. The van der Waals surface area contributed by atoms with Crippen molar-refractivity contribution < 1.29 is 30.2 Å². The quantitative estimate of drug-likeness (QED) is 0.268. The number of halogens is 3. The fourth-order valence-corrected chi connectivity index (χ4v) is 8.36. The predicted molar refractivity (Wildman–Crippen MR) is 109 cm³/mol. The SMILES string of the molecule is CC(C)(C)[Si](OCCCOS(=O)(=O)C(F)(F)F)(c1ccccc1)c1ccccc1. The first kappa shape index (κ1) is 23.6. The lowest BCUT2D eigenvalue weighted by Gasteiger charge is -2.43. The van der Waals surface area contributed by atoms with Gasteiger partial charge in [-0.3, -0.25) is 4.18 Å². The summed E-state index contributed by atoms with van der Waals surface area (Å²) in [6.07, 6.45) is 0.0137. The normalized spacial score (nSPS) is 13.4. The Bertz CT molecular complexity index is 840. The second kappa shape index (κ2) is 8.99. The van der Waals surface area contributed by atoms with E-state index in [1.165, 1.54) is 0 Å². The third kappa shape index (κ3) is 5.27. The molecule has 9 heteroatoms. The minimum absolute atomic E-state index is 0.0137. The lowest BCUT2D eigenvalue weighted by Crippen LogP contribution is -2.66. The summed E-state index contributed by atoms with van der Waals surface area (Å²) in [5, 5.41) is 1.78. The van der Waals surface area contributed by atoms with Crippen LogP contribution in [0, 0.1) is 0 Å². The Labute approximate surface area is 170 Å². The topological polar surface area (TPSA) is 52.6 Å². The van der Waals surface area contributed by atoms with E-state index in [4.69, 9.17) is 4.43 Å². The Kier molecular flexibility index (Phi) is 7.31. The maximum absolute atomic E-state index is 12.4. The van der Waals surface area contributed by atoms with Crippen LogP contribution in [-0.4, -0.2) is 35.5 Å². The first-order valence-corrected chi connectivity index (χ1v) is 12.4. The van der Waals surface area contributed by atoms with Crippen molar-refractivity contribution in [1.82, 2.24) is 0 Å². The molecule has 29 heavy (non-hydrogen) atoms. The largest absolute Gasteiger partial charge is 0.523 e. The van der Waals surface area contributed by atoms with Crippen molar-refractivity contribution in [2.75, 3.05) is 13.2 Å². The van der Waals surface area contributed by atoms with Crippen LogP contribution < -0.4 is 10.4 Å². The van der Waals surface area contributed by atoms with E-state index in [2.05, 4.69) is 25.0 Å². The predicted octanol–water partition coefficient (Wildman–Crippen LogP) is 3.82. The van der Waals surface area contributed by atoms with E-state index >= 15 is 0 Å². The Hall–Kier alpha value is -1.68. The summed E-state index contributed by atoms with van der Waals surface area (Å²) < 4.78 is 69.8. The minimum atomic E-state index is -5.59. The zero-order valence-electron chi connectivity index (χ0n) is 16.6. The monoisotopic (exact) mass is 446 g/mol. The van der Waals surface area contributed by atoms with Crippen LogP contribution in [0.4, 0.5) is 13.2 Å². The van der Waals surface area contributed by atoms with Crippen LogP contribution in [0.5, 0.6) is 0 Å². The number of rotatable bonds is 8. The molecular formula is C20H25F3O4SSi. The molecule has 0 spiro atoms. The van der Waals surface area contributed by atoms with Crippen LogP contribution in [0.2, 0.25) is 5.04 Å². The average molecular weight is 447 g/mol. The molecule has 0 radical (unpaired) electrons. The standard InChI is InChI=1S/C20H25F3O4SSi/c1-19(2,3)29(17-11-6-4-7-12-17,18-13-8-5-9-14-18)27-16-10-15-26-28(24,25)20(21,22)23/h4-9,11-14H,10,15-16H2,1-3H3. The van der Waals surface area contributed by atoms with Crippen molar-refractivity contribution >= 4 is 28.8 Å². The summed E-state index contributed by atoms with van der Waals surface area (Å²) in [6, 6.07) is 19.5. The zero-order chi connectivity index (χ0) is 21.8. The number of hydrogen-bond acceptors (Lipinski definition) is 4. The molecule has 0 aliphatic carbocycles. The van der Waals surface area contributed by atoms with Gasteiger partial charge in [0.15, 0.2) is 0 Å². The maximum atomic E-state index is 12.4. The zero-order valence-corrected chi connectivity index (χ0v) is 18.4. The third-order valence-corrected chi connectivity index (χ3v) is 10.6. The first-order valence-electron chi connectivity index (χ1n) is 9.12. The highest BCUT2D eigenvalue weighted by Gasteiger charge is 2.50. The third-order valence-electron chi connectivity index (χ3n) is 4.55. The lowest BCUT2D eigenvalue weighted by atomic mass is 10.2. The molecule has 4 nitrogen and oxygen atoms in total. The fraction of sp³-hybridized carbons (Fsp3) is 0.400. The van der Waals surface area contributed by atoms with E-state index in [0.717, 1.165) is 10.4 Å². The molecular weight excluding hydrogens is 421 g/mol. The van der Waals surface area contributed by atoms with E-state index in [1.807, 2.05) is 60.7 Å². The van der Waals surface area contributed by atoms with Gasteiger partial charge in [-0.1, -0.05) is 81.4 Å². The van der Waals surface area contributed by atoms with Crippen LogP contribution in [0.15, 0.2) is 60.7 Å². The van der Waals surface area contributed by atoms with Gasteiger partial charge in [-0.15, -0.1) is 0 Å². The highest BCUT2D eigenvalue weighted by atomic mass is 32.2. The Morgan fingerprint density at radius 1 is 0.828 bits per heavy atom. The van der Waals surface area contributed by atoms with Crippen molar-refractivity contribution in [3.63, 3.8) is 0 Å². The van der Waals surface area contributed by atoms with Gasteiger partial charge in [-0.25, -0.2) is 0 Å². The molecule has 0 saturated heterocycles. The molecule has 0 amide bonds. The molecule has 0 atom stereocenters. The Morgan fingerprint density at radius 2 is 1.28 bits per heavy atom. The van der Waals surface area contributed by atoms with E-state index in [0.29, 0.717) is 0 Å². The molecule has 0 bridgehead atoms. The molecule has 2 aromatic carbocycles. The molecule has 2 rings (SSSR count). The molecule has 2 aromatic rings. The van der Waals surface area contributed by atoms with E-state index < -0.39 is 30.6 Å². The van der Waals surface area contributed by atoms with Gasteiger partial charge in [0.25, 0.3) is 8.32 Å². The van der Waals surface area contributed by atoms with Crippen molar-refractivity contribution in [2.45, 2.75) is 37.7 Å². The number of alkyl halides is 3.